The van der Waals surface area contributed by atoms with E-state index >= 15 is 0 Å². The number of benzene rings is 4. The molecule has 0 spiro atoms. The van der Waals surface area contributed by atoms with Crippen molar-refractivity contribution in [1.29, 1.82) is 0 Å². The van der Waals surface area contributed by atoms with Crippen LogP contribution in [0.5, 0.6) is 0 Å². The Hall–Kier alpha value is -3.76. The number of thiazole rings is 1. The van der Waals surface area contributed by atoms with Crippen LogP contribution in [0.25, 0.3) is 22.0 Å². The second kappa shape index (κ2) is 8.30. The molecular formula is C29H23N3S. The number of aryl methyl sites for hydroxylation is 1. The fourth-order valence-corrected chi connectivity index (χ4v) is 5.33. The molecule has 0 fully saturated rings. The van der Waals surface area contributed by atoms with Gasteiger partial charge in [-0.25, -0.2) is 9.99 Å². The predicted octanol–water partition coefficient (Wildman–Crippen LogP) is 7.63. The van der Waals surface area contributed by atoms with Crippen molar-refractivity contribution in [1.82, 2.24) is 4.98 Å². The number of anilines is 1. The van der Waals surface area contributed by atoms with Crippen LogP contribution in [0.4, 0.5) is 5.13 Å². The van der Waals surface area contributed by atoms with E-state index in [1.807, 2.05) is 6.07 Å². The summed E-state index contributed by atoms with van der Waals surface area (Å²) in [6.45, 7) is 2.12. The maximum Gasteiger partial charge on any atom is 0.207 e. The maximum absolute atomic E-state index is 5.13. The van der Waals surface area contributed by atoms with E-state index in [0.29, 0.717) is 0 Å². The van der Waals surface area contributed by atoms with Crippen molar-refractivity contribution in [2.75, 3.05) is 5.01 Å². The Morgan fingerprint density at radius 2 is 1.55 bits per heavy atom. The second-order valence-electron chi connectivity index (χ2n) is 8.43. The van der Waals surface area contributed by atoms with Gasteiger partial charge < -0.3 is 0 Å². The van der Waals surface area contributed by atoms with Crippen molar-refractivity contribution in [3.8, 4) is 11.3 Å². The smallest absolute Gasteiger partial charge is 0.207 e. The van der Waals surface area contributed by atoms with Crippen LogP contribution in [-0.2, 0) is 0 Å². The van der Waals surface area contributed by atoms with Crippen molar-refractivity contribution < 1.29 is 0 Å². The summed E-state index contributed by atoms with van der Waals surface area (Å²) in [5.41, 5.74) is 6.94. The lowest BCUT2D eigenvalue weighted by molar-refractivity contribution is 0.712. The molecular weight excluding hydrogens is 422 g/mol. The zero-order valence-electron chi connectivity index (χ0n) is 18.3. The largest absolute Gasteiger partial charge is 0.231 e. The van der Waals surface area contributed by atoms with Crippen LogP contribution in [-0.4, -0.2) is 10.7 Å². The Morgan fingerprint density at radius 1 is 0.788 bits per heavy atom. The monoisotopic (exact) mass is 445 g/mol. The number of hydrogen-bond donors (Lipinski definition) is 0. The fraction of sp³-hybridized carbons (Fsp3) is 0.103. The summed E-state index contributed by atoms with van der Waals surface area (Å²) in [6.07, 6.45) is 0.845. The molecule has 3 nitrogen and oxygen atoms in total. The van der Waals surface area contributed by atoms with Gasteiger partial charge in [-0.05, 0) is 28.8 Å². The summed E-state index contributed by atoms with van der Waals surface area (Å²) < 4.78 is 0. The molecule has 0 bridgehead atoms. The zero-order chi connectivity index (χ0) is 22.2. The molecule has 1 aliphatic rings. The molecule has 0 N–H and O–H groups in total. The Kier molecular flexibility index (Phi) is 5.00. The standard InChI is InChI=1S/C29H23N3S/c1-20-14-16-23(17-15-20)26-18-28(25-13-7-11-21-8-5-6-12-24(21)25)32(31-26)29-30-27(19-33-29)22-9-3-2-4-10-22/h2-17,19,28H,18H2,1H3. The van der Waals surface area contributed by atoms with E-state index in [1.165, 1.54) is 27.5 Å². The van der Waals surface area contributed by atoms with Crippen LogP contribution < -0.4 is 5.01 Å². The molecule has 0 radical (unpaired) electrons. The van der Waals surface area contributed by atoms with Gasteiger partial charge in [0.1, 0.15) is 0 Å². The first-order valence-corrected chi connectivity index (χ1v) is 12.1. The van der Waals surface area contributed by atoms with Crippen molar-refractivity contribution in [3.05, 3.63) is 119 Å². The van der Waals surface area contributed by atoms with Crippen molar-refractivity contribution >= 4 is 33.0 Å². The SMILES string of the molecule is Cc1ccc(C2=NN(c3nc(-c4ccccc4)cs3)C(c3cccc4ccccc34)C2)cc1. The lowest BCUT2D eigenvalue weighted by Gasteiger charge is -2.22. The third-order valence-corrected chi connectivity index (χ3v) is 7.07. The normalized spacial score (nSPS) is 15.7. The van der Waals surface area contributed by atoms with Gasteiger partial charge in [-0.15, -0.1) is 11.3 Å². The van der Waals surface area contributed by atoms with Crippen LogP contribution in [0.3, 0.4) is 0 Å². The lowest BCUT2D eigenvalue weighted by atomic mass is 9.94. The fourth-order valence-electron chi connectivity index (χ4n) is 4.50. The first-order valence-electron chi connectivity index (χ1n) is 11.2. The Morgan fingerprint density at radius 3 is 2.39 bits per heavy atom. The molecule has 33 heavy (non-hydrogen) atoms. The highest BCUT2D eigenvalue weighted by atomic mass is 32.1. The highest BCUT2D eigenvalue weighted by molar-refractivity contribution is 7.14. The van der Waals surface area contributed by atoms with Crippen molar-refractivity contribution in [2.24, 2.45) is 5.10 Å². The molecule has 1 aromatic heterocycles. The van der Waals surface area contributed by atoms with E-state index in [-0.39, 0.29) is 6.04 Å². The van der Waals surface area contributed by atoms with E-state index in [2.05, 4.69) is 108 Å². The first-order chi connectivity index (χ1) is 16.3. The quantitative estimate of drug-likeness (QED) is 0.284. The van der Waals surface area contributed by atoms with Gasteiger partial charge in [-0.3, -0.25) is 0 Å². The van der Waals surface area contributed by atoms with Gasteiger partial charge in [0.2, 0.25) is 5.13 Å². The molecule has 2 heterocycles. The summed E-state index contributed by atoms with van der Waals surface area (Å²) in [5, 5.41) is 12.8. The second-order valence-corrected chi connectivity index (χ2v) is 9.26. The third kappa shape index (κ3) is 3.73. The number of hydrazone groups is 1. The number of aromatic nitrogens is 1. The van der Waals surface area contributed by atoms with E-state index in [9.17, 15) is 0 Å². The molecule has 4 heteroatoms. The predicted molar refractivity (Wildman–Crippen MR) is 139 cm³/mol. The van der Waals surface area contributed by atoms with Gasteiger partial charge in [-0.2, -0.15) is 5.10 Å². The highest BCUT2D eigenvalue weighted by Crippen LogP contribution is 2.41. The molecule has 0 saturated heterocycles. The van der Waals surface area contributed by atoms with E-state index in [0.717, 1.165) is 28.5 Å². The van der Waals surface area contributed by atoms with E-state index < -0.39 is 0 Å². The van der Waals surface area contributed by atoms with Gasteiger partial charge in [0, 0.05) is 17.4 Å². The Bertz CT molecular complexity index is 1450. The minimum atomic E-state index is 0.0992. The molecule has 1 atom stereocenters. The van der Waals surface area contributed by atoms with Crippen molar-refractivity contribution in [3.63, 3.8) is 0 Å². The van der Waals surface area contributed by atoms with Crippen LogP contribution in [0.1, 0.15) is 29.2 Å². The average Bonchev–Trinajstić information content (AvgIpc) is 3.53. The topological polar surface area (TPSA) is 28.5 Å². The molecule has 6 rings (SSSR count). The van der Waals surface area contributed by atoms with Gasteiger partial charge >= 0.3 is 0 Å². The third-order valence-electron chi connectivity index (χ3n) is 6.24. The molecule has 0 aliphatic carbocycles. The van der Waals surface area contributed by atoms with Gasteiger partial charge in [0.15, 0.2) is 0 Å². The summed E-state index contributed by atoms with van der Waals surface area (Å²) in [7, 11) is 0. The molecule has 1 unspecified atom stereocenters. The van der Waals surface area contributed by atoms with Crippen LogP contribution in [0.2, 0.25) is 0 Å². The summed E-state index contributed by atoms with van der Waals surface area (Å²) in [5.74, 6) is 0. The first kappa shape index (κ1) is 19.9. The highest BCUT2D eigenvalue weighted by Gasteiger charge is 2.32. The zero-order valence-corrected chi connectivity index (χ0v) is 19.2. The van der Waals surface area contributed by atoms with E-state index in [4.69, 9.17) is 10.1 Å². The van der Waals surface area contributed by atoms with Gasteiger partial charge in [-0.1, -0.05) is 103 Å². The molecule has 5 aromatic rings. The summed E-state index contributed by atoms with van der Waals surface area (Å²) in [6, 6.07) is 34.3. The van der Waals surface area contributed by atoms with Gasteiger partial charge in [0.25, 0.3) is 0 Å². The number of nitrogens with zero attached hydrogens (tertiary/aromatic N) is 3. The summed E-state index contributed by atoms with van der Waals surface area (Å²) in [4.78, 5) is 5.00. The minimum absolute atomic E-state index is 0.0992. The molecule has 160 valence electrons. The van der Waals surface area contributed by atoms with Crippen LogP contribution in [0, 0.1) is 6.92 Å². The number of hydrogen-bond acceptors (Lipinski definition) is 4. The van der Waals surface area contributed by atoms with Crippen molar-refractivity contribution in [2.45, 2.75) is 19.4 Å². The molecule has 1 aliphatic heterocycles. The maximum atomic E-state index is 5.13. The lowest BCUT2D eigenvalue weighted by Crippen LogP contribution is -2.18. The number of rotatable bonds is 4. The van der Waals surface area contributed by atoms with Crippen LogP contribution >= 0.6 is 11.3 Å². The molecule has 0 saturated carbocycles. The number of fused-ring (bicyclic) bond motifs is 1. The van der Waals surface area contributed by atoms with E-state index in [1.54, 1.807) is 11.3 Å². The average molecular weight is 446 g/mol. The minimum Gasteiger partial charge on any atom is -0.231 e. The molecule has 0 amide bonds. The van der Waals surface area contributed by atoms with Crippen LogP contribution in [0.15, 0.2) is 108 Å². The molecule has 4 aromatic carbocycles. The Balaban J connectivity index is 1.45. The summed E-state index contributed by atoms with van der Waals surface area (Å²) >= 11 is 1.65. The van der Waals surface area contributed by atoms with Gasteiger partial charge in [0.05, 0.1) is 17.4 Å². The Labute approximate surface area is 197 Å².